The number of ether oxygens (including phenoxy) is 3. The average Bonchev–Trinajstić information content (AvgIpc) is 3.18. The van der Waals surface area contributed by atoms with E-state index in [1.54, 1.807) is 6.92 Å². The van der Waals surface area contributed by atoms with Crippen LogP contribution < -0.4 is 5.32 Å². The predicted molar refractivity (Wildman–Crippen MR) is 205 cm³/mol. The molecule has 1 amide bonds. The molecule has 0 radical (unpaired) electrons. The third-order valence-electron chi connectivity index (χ3n) is 9.68. The Labute approximate surface area is 312 Å². The summed E-state index contributed by atoms with van der Waals surface area (Å²) in [6, 6.07) is 45.3. The minimum atomic E-state index is -0.856. The van der Waals surface area contributed by atoms with Crippen LogP contribution in [0.15, 0.2) is 133 Å². The molecule has 53 heavy (non-hydrogen) atoms. The molecule has 1 aliphatic heterocycles. The average molecular weight is 713 g/mol. The van der Waals surface area contributed by atoms with Crippen LogP contribution in [-0.2, 0) is 50.0 Å². The number of nitrogens with zero attached hydrogens (tertiary/aromatic N) is 1. The number of amides is 1. The SMILES string of the molecule is CC(=O)O[C@@H](C)C(=O)NCc1cccc(-c2ccc([C@@H]3O[C@H](CN(Cc4ccccc4)Cc4ccccc4)[C@H](C)[C@H](c4ccc(CO)cc4)O3)cc2)c1. The summed E-state index contributed by atoms with van der Waals surface area (Å²) in [5.74, 6) is -0.798. The van der Waals surface area contributed by atoms with Crippen LogP contribution in [0.2, 0.25) is 0 Å². The van der Waals surface area contributed by atoms with Crippen LogP contribution in [0.3, 0.4) is 0 Å². The number of aliphatic hydroxyl groups is 1. The van der Waals surface area contributed by atoms with E-state index in [1.165, 1.54) is 18.1 Å². The highest BCUT2D eigenvalue weighted by Gasteiger charge is 2.39. The van der Waals surface area contributed by atoms with Crippen LogP contribution in [0, 0.1) is 5.92 Å². The summed E-state index contributed by atoms with van der Waals surface area (Å²) >= 11 is 0. The lowest BCUT2D eigenvalue weighted by atomic mass is 9.89. The van der Waals surface area contributed by atoms with Gasteiger partial charge in [0.05, 0.1) is 18.8 Å². The molecule has 1 heterocycles. The zero-order chi connectivity index (χ0) is 37.2. The molecule has 0 bridgehead atoms. The van der Waals surface area contributed by atoms with Crippen LogP contribution in [0.5, 0.6) is 0 Å². The van der Waals surface area contributed by atoms with Crippen molar-refractivity contribution in [1.82, 2.24) is 10.2 Å². The highest BCUT2D eigenvalue weighted by molar-refractivity contribution is 5.82. The molecule has 8 nitrogen and oxygen atoms in total. The van der Waals surface area contributed by atoms with Crippen molar-refractivity contribution in [1.29, 1.82) is 0 Å². The molecule has 0 saturated carbocycles. The number of hydrogen-bond donors (Lipinski definition) is 2. The Balaban J connectivity index is 1.22. The molecule has 5 aromatic rings. The topological polar surface area (TPSA) is 97.3 Å². The lowest BCUT2D eigenvalue weighted by molar-refractivity contribution is -0.276. The normalized spacial score (nSPS) is 19.0. The molecule has 0 spiro atoms. The Morgan fingerprint density at radius 2 is 1.34 bits per heavy atom. The van der Waals surface area contributed by atoms with Gasteiger partial charge in [-0.1, -0.05) is 134 Å². The number of benzene rings is 5. The van der Waals surface area contributed by atoms with Gasteiger partial charge < -0.3 is 24.6 Å². The van der Waals surface area contributed by atoms with Gasteiger partial charge in [-0.2, -0.15) is 0 Å². The molecule has 2 N–H and O–H groups in total. The first-order valence-corrected chi connectivity index (χ1v) is 18.2. The summed E-state index contributed by atoms with van der Waals surface area (Å²) in [7, 11) is 0. The zero-order valence-corrected chi connectivity index (χ0v) is 30.6. The van der Waals surface area contributed by atoms with Gasteiger partial charge in [0, 0.05) is 44.6 Å². The molecule has 5 aromatic carbocycles. The summed E-state index contributed by atoms with van der Waals surface area (Å²) in [4.78, 5) is 26.1. The number of nitrogens with one attached hydrogen (secondary N) is 1. The second-order valence-corrected chi connectivity index (χ2v) is 13.8. The third kappa shape index (κ3) is 10.3. The Morgan fingerprint density at radius 1 is 0.736 bits per heavy atom. The number of rotatable bonds is 14. The smallest absolute Gasteiger partial charge is 0.303 e. The summed E-state index contributed by atoms with van der Waals surface area (Å²) in [6.07, 6.45) is -1.81. The van der Waals surface area contributed by atoms with E-state index in [0.29, 0.717) is 13.1 Å². The Kier molecular flexibility index (Phi) is 12.8. The minimum absolute atomic E-state index is 0.0111. The quantitative estimate of drug-likeness (QED) is 0.113. The van der Waals surface area contributed by atoms with Crippen LogP contribution >= 0.6 is 0 Å². The highest BCUT2D eigenvalue weighted by atomic mass is 16.7. The largest absolute Gasteiger partial charge is 0.453 e. The van der Waals surface area contributed by atoms with Crippen molar-refractivity contribution in [2.45, 2.75) is 71.6 Å². The van der Waals surface area contributed by atoms with Gasteiger partial charge in [-0.05, 0) is 51.9 Å². The second-order valence-electron chi connectivity index (χ2n) is 13.8. The lowest BCUT2D eigenvalue weighted by Crippen LogP contribution is -2.44. The Hall–Kier alpha value is -5.12. The van der Waals surface area contributed by atoms with E-state index in [0.717, 1.165) is 46.5 Å². The van der Waals surface area contributed by atoms with Crippen molar-refractivity contribution in [3.63, 3.8) is 0 Å². The maximum atomic E-state index is 12.4. The standard InChI is InChI=1S/C45H48N2O6/c1-31-42(29-47(27-34-11-6-4-7-12-34)28-35-13-8-5-9-14-35)52-45(53-43(31)39-19-17-36(30-48)18-20-39)40-23-21-38(22-24-40)41-16-10-15-37(25-41)26-46-44(50)32(2)51-33(3)49/h4-25,31-32,42-43,45,48H,26-30H2,1-3H3,(H,46,50)/t31-,32-,42+,43+,45+/m0/s1. The van der Waals surface area contributed by atoms with E-state index in [1.807, 2.05) is 60.7 Å². The lowest BCUT2D eigenvalue weighted by Gasteiger charge is -2.43. The summed E-state index contributed by atoms with van der Waals surface area (Å²) in [6.45, 7) is 7.61. The van der Waals surface area contributed by atoms with E-state index < -0.39 is 18.4 Å². The fraction of sp³-hybridized carbons (Fsp3) is 0.289. The number of aliphatic hydroxyl groups excluding tert-OH is 1. The molecule has 1 saturated heterocycles. The molecule has 8 heteroatoms. The van der Waals surface area contributed by atoms with Gasteiger partial charge >= 0.3 is 5.97 Å². The van der Waals surface area contributed by atoms with Crippen molar-refractivity contribution in [3.8, 4) is 11.1 Å². The number of esters is 1. The van der Waals surface area contributed by atoms with Crippen molar-refractivity contribution in [2.24, 2.45) is 5.92 Å². The molecular weight excluding hydrogens is 665 g/mol. The van der Waals surface area contributed by atoms with Gasteiger partial charge in [-0.3, -0.25) is 14.5 Å². The summed E-state index contributed by atoms with van der Waals surface area (Å²) in [5.41, 5.74) is 8.27. The van der Waals surface area contributed by atoms with Crippen LogP contribution in [0.4, 0.5) is 0 Å². The number of hydrogen-bond acceptors (Lipinski definition) is 7. The van der Waals surface area contributed by atoms with Crippen molar-refractivity contribution in [2.75, 3.05) is 6.54 Å². The van der Waals surface area contributed by atoms with E-state index in [2.05, 4.69) is 89.9 Å². The van der Waals surface area contributed by atoms with Gasteiger partial charge in [0.2, 0.25) is 0 Å². The molecule has 0 aliphatic carbocycles. The molecule has 1 fully saturated rings. The minimum Gasteiger partial charge on any atom is -0.453 e. The van der Waals surface area contributed by atoms with Crippen LogP contribution in [0.1, 0.15) is 66.5 Å². The first kappa shape index (κ1) is 37.6. The molecule has 6 rings (SSSR count). The number of carbonyl (C=O) groups is 2. The van der Waals surface area contributed by atoms with Crippen molar-refractivity contribution in [3.05, 3.63) is 167 Å². The second kappa shape index (κ2) is 18.1. The highest BCUT2D eigenvalue weighted by Crippen LogP contribution is 2.42. The van der Waals surface area contributed by atoms with E-state index in [4.69, 9.17) is 14.2 Å². The molecule has 5 atom stereocenters. The van der Waals surface area contributed by atoms with Crippen LogP contribution in [-0.4, -0.2) is 40.6 Å². The first-order chi connectivity index (χ1) is 25.7. The van der Waals surface area contributed by atoms with Gasteiger partial charge in [-0.25, -0.2) is 0 Å². The first-order valence-electron chi connectivity index (χ1n) is 18.2. The van der Waals surface area contributed by atoms with Crippen LogP contribution in [0.25, 0.3) is 11.1 Å². The maximum Gasteiger partial charge on any atom is 0.303 e. The Bertz CT molecular complexity index is 1880. The van der Waals surface area contributed by atoms with Crippen molar-refractivity contribution >= 4 is 11.9 Å². The summed E-state index contributed by atoms with van der Waals surface area (Å²) < 4.78 is 18.6. The maximum absolute atomic E-state index is 12.4. The third-order valence-corrected chi connectivity index (χ3v) is 9.68. The van der Waals surface area contributed by atoms with Gasteiger partial charge in [0.25, 0.3) is 5.91 Å². The molecule has 1 aliphatic rings. The molecular formula is C45H48N2O6. The fourth-order valence-corrected chi connectivity index (χ4v) is 6.78. The Morgan fingerprint density at radius 3 is 1.94 bits per heavy atom. The number of carbonyl (C=O) groups excluding carboxylic acids is 2. The van der Waals surface area contributed by atoms with E-state index in [9.17, 15) is 14.7 Å². The van der Waals surface area contributed by atoms with Gasteiger partial charge in [0.15, 0.2) is 12.4 Å². The summed E-state index contributed by atoms with van der Waals surface area (Å²) in [5, 5.41) is 12.5. The molecule has 274 valence electrons. The van der Waals surface area contributed by atoms with Crippen molar-refractivity contribution < 1.29 is 28.9 Å². The predicted octanol–water partition coefficient (Wildman–Crippen LogP) is 7.91. The van der Waals surface area contributed by atoms with Gasteiger partial charge in [-0.15, -0.1) is 0 Å². The zero-order valence-electron chi connectivity index (χ0n) is 30.6. The van der Waals surface area contributed by atoms with E-state index in [-0.39, 0.29) is 30.6 Å². The monoisotopic (exact) mass is 712 g/mol. The van der Waals surface area contributed by atoms with Gasteiger partial charge in [0.1, 0.15) is 0 Å². The van der Waals surface area contributed by atoms with E-state index >= 15 is 0 Å². The molecule has 0 aromatic heterocycles. The fourth-order valence-electron chi connectivity index (χ4n) is 6.78. The molecule has 0 unspecified atom stereocenters.